The van der Waals surface area contributed by atoms with E-state index in [1.807, 2.05) is 0 Å². The molecule has 3 saturated carbocycles. The second-order valence-electron chi connectivity index (χ2n) is 9.86. The van der Waals surface area contributed by atoms with Crippen molar-refractivity contribution in [2.75, 3.05) is 0 Å². The van der Waals surface area contributed by atoms with E-state index >= 15 is 0 Å². The van der Waals surface area contributed by atoms with Gasteiger partial charge in [0.2, 0.25) is 11.8 Å². The highest BCUT2D eigenvalue weighted by Gasteiger charge is 2.68. The molecule has 6 atom stereocenters. The van der Waals surface area contributed by atoms with E-state index in [0.717, 1.165) is 6.42 Å². The maximum Gasteiger partial charge on any atom is 0.481 e. The summed E-state index contributed by atoms with van der Waals surface area (Å²) in [5.41, 5.74) is 10.9. The molecule has 4 rings (SSSR count). The fraction of sp³-hybridized carbons (Fsp3) is 0.895. The van der Waals surface area contributed by atoms with Gasteiger partial charge in [-0.2, -0.15) is 0 Å². The first kappa shape index (κ1) is 20.6. The van der Waals surface area contributed by atoms with E-state index in [4.69, 9.17) is 20.8 Å². The normalized spacial score (nSPS) is 36.0. The van der Waals surface area contributed by atoms with E-state index in [1.54, 1.807) is 0 Å². The van der Waals surface area contributed by atoms with E-state index in [9.17, 15) is 9.59 Å². The molecule has 4 fully saturated rings. The molecular formula is C19H34BN3O4. The van der Waals surface area contributed by atoms with Gasteiger partial charge in [-0.25, -0.2) is 0 Å². The number of amides is 2. The van der Waals surface area contributed by atoms with Gasteiger partial charge in [0, 0.05) is 0 Å². The van der Waals surface area contributed by atoms with Crippen LogP contribution in [0.2, 0.25) is 0 Å². The second-order valence-corrected chi connectivity index (χ2v) is 9.86. The maximum atomic E-state index is 12.4. The van der Waals surface area contributed by atoms with E-state index < -0.39 is 25.0 Å². The molecule has 27 heavy (non-hydrogen) atoms. The third kappa shape index (κ3) is 3.63. The molecule has 0 aromatic carbocycles. The minimum Gasteiger partial charge on any atom is -0.404 e. The van der Waals surface area contributed by atoms with Gasteiger partial charge < -0.3 is 26.1 Å². The maximum absolute atomic E-state index is 12.4. The highest BCUT2D eigenvalue weighted by Crippen LogP contribution is 2.65. The van der Waals surface area contributed by atoms with Crippen molar-refractivity contribution >= 4 is 18.9 Å². The van der Waals surface area contributed by atoms with Crippen LogP contribution < -0.4 is 16.8 Å². The summed E-state index contributed by atoms with van der Waals surface area (Å²) in [4.78, 5) is 23.5. The summed E-state index contributed by atoms with van der Waals surface area (Å²) in [6.07, 6.45) is 2.77. The fourth-order valence-electron chi connectivity index (χ4n) is 5.42. The van der Waals surface area contributed by atoms with Gasteiger partial charge in [0.15, 0.2) is 0 Å². The molecule has 0 radical (unpaired) electrons. The minimum atomic E-state index is -0.955. The van der Waals surface area contributed by atoms with Crippen LogP contribution in [-0.4, -0.2) is 42.6 Å². The van der Waals surface area contributed by atoms with Crippen molar-refractivity contribution in [3.8, 4) is 0 Å². The lowest BCUT2D eigenvalue weighted by Crippen LogP contribution is -2.65. The average Bonchev–Trinajstić information content (AvgIpc) is 2.89. The number of primary amides is 1. The van der Waals surface area contributed by atoms with Gasteiger partial charge in [-0.1, -0.05) is 27.7 Å². The van der Waals surface area contributed by atoms with Crippen molar-refractivity contribution in [2.45, 2.75) is 84.0 Å². The largest absolute Gasteiger partial charge is 0.481 e. The van der Waals surface area contributed by atoms with Crippen LogP contribution in [0.5, 0.6) is 0 Å². The Morgan fingerprint density at radius 3 is 2.48 bits per heavy atom. The van der Waals surface area contributed by atoms with E-state index in [1.165, 1.54) is 6.42 Å². The molecule has 2 bridgehead atoms. The molecule has 5 N–H and O–H groups in total. The predicted molar refractivity (Wildman–Crippen MR) is 103 cm³/mol. The second kappa shape index (κ2) is 7.05. The Labute approximate surface area is 162 Å². The Kier molecular flexibility index (Phi) is 5.38. The van der Waals surface area contributed by atoms with Crippen LogP contribution in [-0.2, 0) is 18.9 Å². The molecule has 1 aliphatic heterocycles. The molecule has 8 heteroatoms. The molecule has 1 heterocycles. The lowest BCUT2D eigenvalue weighted by Gasteiger charge is -2.64. The fourth-order valence-corrected chi connectivity index (χ4v) is 5.42. The SMILES string of the molecule is CC(C)C[C@H](NC(=O)[C@@H](N)CC(N)=O)B1OC2C[C@@H]3C[C@@H](C3(C)C)[C@]2(C)O1. The predicted octanol–water partition coefficient (Wildman–Crippen LogP) is 0.988. The topological polar surface area (TPSA) is 117 Å². The summed E-state index contributed by atoms with van der Waals surface area (Å²) in [6.45, 7) is 11.0. The van der Waals surface area contributed by atoms with Crippen molar-refractivity contribution in [3.05, 3.63) is 0 Å². The van der Waals surface area contributed by atoms with Crippen LogP contribution in [0.25, 0.3) is 0 Å². The molecule has 4 aliphatic rings. The molecule has 2 amide bonds. The molecule has 0 spiro atoms. The zero-order valence-electron chi connectivity index (χ0n) is 17.2. The van der Waals surface area contributed by atoms with Crippen LogP contribution in [0, 0.1) is 23.2 Å². The lowest BCUT2D eigenvalue weighted by molar-refractivity contribution is -0.199. The van der Waals surface area contributed by atoms with Gasteiger partial charge in [0.05, 0.1) is 30.1 Å². The third-order valence-corrected chi connectivity index (χ3v) is 7.11. The smallest absolute Gasteiger partial charge is 0.404 e. The summed E-state index contributed by atoms with van der Waals surface area (Å²) in [5.74, 6) is 0.189. The standard InChI is InChI=1S/C19H34BN3O4/c1-10(2)6-15(23-17(25)12(21)9-16(22)24)20-26-14-8-11-7-13(18(11,3)4)19(14,5)27-20/h10-15H,6-9,21H2,1-5H3,(H2,22,24)(H,23,25)/t11-,12-,13-,14?,15-,19-/m0/s1. The average molecular weight is 379 g/mol. The van der Waals surface area contributed by atoms with Crippen molar-refractivity contribution < 1.29 is 18.9 Å². The van der Waals surface area contributed by atoms with Crippen molar-refractivity contribution in [2.24, 2.45) is 34.6 Å². The van der Waals surface area contributed by atoms with Gasteiger partial charge in [-0.15, -0.1) is 0 Å². The van der Waals surface area contributed by atoms with Crippen LogP contribution >= 0.6 is 0 Å². The van der Waals surface area contributed by atoms with Gasteiger partial charge in [-0.05, 0) is 49.4 Å². The Bertz CT molecular complexity index is 614. The first-order chi connectivity index (χ1) is 12.4. The molecule has 152 valence electrons. The molecule has 7 nitrogen and oxygen atoms in total. The molecular weight excluding hydrogens is 345 g/mol. The highest BCUT2D eigenvalue weighted by atomic mass is 16.7. The van der Waals surface area contributed by atoms with E-state index in [-0.39, 0.29) is 29.5 Å². The lowest BCUT2D eigenvalue weighted by atomic mass is 9.43. The Balaban J connectivity index is 1.71. The van der Waals surface area contributed by atoms with Crippen LogP contribution in [0.3, 0.4) is 0 Å². The quantitative estimate of drug-likeness (QED) is 0.571. The zero-order valence-corrected chi connectivity index (χ0v) is 17.2. The number of hydrogen-bond acceptors (Lipinski definition) is 5. The third-order valence-electron chi connectivity index (χ3n) is 7.11. The van der Waals surface area contributed by atoms with Crippen molar-refractivity contribution in [1.82, 2.24) is 5.32 Å². The molecule has 1 unspecified atom stereocenters. The van der Waals surface area contributed by atoms with Gasteiger partial charge in [0.1, 0.15) is 0 Å². The summed E-state index contributed by atoms with van der Waals surface area (Å²) in [6, 6.07) is -0.955. The van der Waals surface area contributed by atoms with Crippen LogP contribution in [0.4, 0.5) is 0 Å². The summed E-state index contributed by atoms with van der Waals surface area (Å²) in [7, 11) is -0.498. The number of hydrogen-bond donors (Lipinski definition) is 3. The summed E-state index contributed by atoms with van der Waals surface area (Å²) >= 11 is 0. The van der Waals surface area contributed by atoms with E-state index in [2.05, 4.69) is 39.9 Å². The molecule has 0 aromatic rings. The zero-order chi connectivity index (χ0) is 20.1. The summed E-state index contributed by atoms with van der Waals surface area (Å²) < 4.78 is 12.8. The first-order valence-electron chi connectivity index (χ1n) is 10.1. The Morgan fingerprint density at radius 2 is 1.93 bits per heavy atom. The van der Waals surface area contributed by atoms with Crippen molar-refractivity contribution in [1.29, 1.82) is 0 Å². The monoisotopic (exact) mass is 379 g/mol. The molecule has 1 saturated heterocycles. The van der Waals surface area contributed by atoms with Gasteiger partial charge in [0.25, 0.3) is 0 Å². The van der Waals surface area contributed by atoms with Crippen LogP contribution in [0.15, 0.2) is 0 Å². The Morgan fingerprint density at radius 1 is 1.26 bits per heavy atom. The van der Waals surface area contributed by atoms with Gasteiger partial charge in [-0.3, -0.25) is 9.59 Å². The van der Waals surface area contributed by atoms with Crippen LogP contribution in [0.1, 0.15) is 60.3 Å². The summed E-state index contributed by atoms with van der Waals surface area (Å²) in [5, 5.41) is 2.95. The minimum absolute atomic E-state index is 0.0603. The Hall–Kier alpha value is -1.12. The molecule has 3 aliphatic carbocycles. The van der Waals surface area contributed by atoms with Crippen molar-refractivity contribution in [3.63, 3.8) is 0 Å². The number of carbonyl (C=O) groups excluding carboxylic acids is 2. The molecule has 0 aromatic heterocycles. The van der Waals surface area contributed by atoms with E-state index in [0.29, 0.717) is 24.2 Å². The number of nitrogens with one attached hydrogen (secondary N) is 1. The first-order valence-corrected chi connectivity index (χ1v) is 10.1. The number of nitrogens with two attached hydrogens (primary N) is 2. The number of rotatable bonds is 7. The highest BCUT2D eigenvalue weighted by molar-refractivity contribution is 6.47. The number of carbonyl (C=O) groups is 2. The van der Waals surface area contributed by atoms with Gasteiger partial charge >= 0.3 is 7.12 Å².